The minimum Gasteiger partial charge on any atom is -0.491 e. The Morgan fingerprint density at radius 1 is 0.895 bits per heavy atom. The van der Waals surface area contributed by atoms with Crippen LogP contribution in [0.3, 0.4) is 0 Å². The van der Waals surface area contributed by atoms with Gasteiger partial charge in [-0.2, -0.15) is 10.2 Å². The number of nitrogens with zero attached hydrogens (tertiary/aromatic N) is 3. The van der Waals surface area contributed by atoms with E-state index in [-0.39, 0.29) is 0 Å². The van der Waals surface area contributed by atoms with Gasteiger partial charge in [0.2, 0.25) is 0 Å². The van der Waals surface area contributed by atoms with Crippen molar-refractivity contribution in [1.82, 2.24) is 5.06 Å². The monoisotopic (exact) mass is 542 g/mol. The fourth-order valence-electron chi connectivity index (χ4n) is 4.59. The van der Waals surface area contributed by atoms with Gasteiger partial charge in [0.15, 0.2) is 0 Å². The van der Waals surface area contributed by atoms with Crippen LogP contribution < -0.4 is 9.64 Å². The Balaban J connectivity index is 1.56. The molecule has 0 saturated heterocycles. The molecule has 1 aliphatic heterocycles. The van der Waals surface area contributed by atoms with Crippen molar-refractivity contribution in [1.29, 1.82) is 5.53 Å². The van der Waals surface area contributed by atoms with Crippen molar-refractivity contribution in [2.24, 2.45) is 5.11 Å². The molecule has 1 aliphatic rings. The van der Waals surface area contributed by atoms with E-state index in [4.69, 9.17) is 19.6 Å². The highest BCUT2D eigenvalue weighted by atomic mass is 32.2. The van der Waals surface area contributed by atoms with Gasteiger partial charge in [0.05, 0.1) is 18.6 Å². The van der Waals surface area contributed by atoms with Crippen molar-refractivity contribution in [2.75, 3.05) is 31.1 Å². The molecule has 3 rings (SSSR count). The van der Waals surface area contributed by atoms with Crippen LogP contribution in [0.1, 0.15) is 90.5 Å². The third kappa shape index (κ3) is 9.56. The van der Waals surface area contributed by atoms with E-state index >= 15 is 0 Å². The number of ether oxygens (including phenoxy) is 1. The summed E-state index contributed by atoms with van der Waals surface area (Å²) < 4.78 is 11.6. The Kier molecular flexibility index (Phi) is 14.0. The number of nitrogens with one attached hydrogen (secondary N) is 1. The number of unbranched alkanes of at least 4 members (excludes halogenated alkanes) is 7. The van der Waals surface area contributed by atoms with Gasteiger partial charge in [-0.1, -0.05) is 65.7 Å². The van der Waals surface area contributed by atoms with Crippen LogP contribution in [0.25, 0.3) is 0 Å². The molecule has 0 bridgehead atoms. The summed E-state index contributed by atoms with van der Waals surface area (Å²) in [4.78, 5) is 8.95. The maximum absolute atomic E-state index is 7.55. The van der Waals surface area contributed by atoms with Gasteiger partial charge in [0.1, 0.15) is 11.4 Å². The standard InChI is InChI=1S/C30H46N4O3S/c1-4-7-10-11-12-13-22-35-30-24-26(14-16-28(30)32-31)34-21-18-25-23-27(15-17-29(25)34)38-37-36-33(19-8-5-2)20-9-6-3/h14-17,23-24,31H,4-13,18-22H2,1-3H3. The second-order valence-corrected chi connectivity index (χ2v) is 10.7. The molecule has 2 aromatic rings. The average molecular weight is 543 g/mol. The molecule has 0 spiro atoms. The first-order valence-electron chi connectivity index (χ1n) is 14.5. The maximum atomic E-state index is 7.55. The molecule has 0 unspecified atom stereocenters. The van der Waals surface area contributed by atoms with Crippen molar-refractivity contribution in [3.8, 4) is 5.75 Å². The smallest absolute Gasteiger partial charge is 0.148 e. The predicted octanol–water partition coefficient (Wildman–Crippen LogP) is 9.56. The lowest BCUT2D eigenvalue weighted by atomic mass is 10.1. The zero-order valence-corrected chi connectivity index (χ0v) is 24.4. The van der Waals surface area contributed by atoms with Crippen molar-refractivity contribution < 1.29 is 14.1 Å². The van der Waals surface area contributed by atoms with Crippen LogP contribution in [-0.4, -0.2) is 31.3 Å². The Morgan fingerprint density at radius 3 is 2.37 bits per heavy atom. The van der Waals surface area contributed by atoms with E-state index in [1.54, 1.807) is 0 Å². The van der Waals surface area contributed by atoms with Crippen molar-refractivity contribution in [2.45, 2.75) is 96.3 Å². The van der Waals surface area contributed by atoms with E-state index in [9.17, 15) is 0 Å². The molecule has 8 heteroatoms. The lowest BCUT2D eigenvalue weighted by Crippen LogP contribution is -2.25. The van der Waals surface area contributed by atoms with Crippen LogP contribution in [0.2, 0.25) is 0 Å². The van der Waals surface area contributed by atoms with Crippen LogP contribution in [0, 0.1) is 5.53 Å². The van der Waals surface area contributed by atoms with E-state index in [1.807, 2.05) is 23.3 Å². The quantitative estimate of drug-likeness (QED) is 0.0590. The Labute approximate surface area is 233 Å². The highest BCUT2D eigenvalue weighted by molar-refractivity contribution is 7.94. The first-order chi connectivity index (χ1) is 18.7. The fraction of sp³-hybridized carbons (Fsp3) is 0.600. The van der Waals surface area contributed by atoms with E-state index in [0.717, 1.165) is 68.7 Å². The topological polar surface area (TPSA) is 70.4 Å². The molecule has 7 nitrogen and oxygen atoms in total. The molecule has 0 amide bonds. The molecule has 0 aromatic heterocycles. The Bertz CT molecular complexity index is 967. The van der Waals surface area contributed by atoms with Crippen LogP contribution in [0.15, 0.2) is 46.4 Å². The normalized spacial score (nSPS) is 12.8. The molecule has 0 saturated carbocycles. The first-order valence-corrected chi connectivity index (χ1v) is 15.2. The van der Waals surface area contributed by atoms with Crippen LogP contribution in [-0.2, 0) is 15.7 Å². The molecule has 0 aliphatic carbocycles. The summed E-state index contributed by atoms with van der Waals surface area (Å²) in [6, 6.07) is 12.4. The molecule has 0 radical (unpaired) electrons. The lowest BCUT2D eigenvalue weighted by molar-refractivity contribution is -0.360. The molecule has 38 heavy (non-hydrogen) atoms. The number of rotatable bonds is 20. The van der Waals surface area contributed by atoms with E-state index in [1.165, 1.54) is 55.4 Å². The summed E-state index contributed by atoms with van der Waals surface area (Å²) in [5, 5.41) is 5.61. The summed E-state index contributed by atoms with van der Waals surface area (Å²) in [5.74, 6) is 0.688. The maximum Gasteiger partial charge on any atom is 0.148 e. The van der Waals surface area contributed by atoms with Gasteiger partial charge in [0.25, 0.3) is 0 Å². The van der Waals surface area contributed by atoms with Gasteiger partial charge in [-0.05, 0) is 61.6 Å². The molecule has 1 heterocycles. The highest BCUT2D eigenvalue weighted by Gasteiger charge is 2.22. The predicted molar refractivity (Wildman–Crippen MR) is 157 cm³/mol. The van der Waals surface area contributed by atoms with Gasteiger partial charge in [-0.15, -0.1) is 9.32 Å². The third-order valence-corrected chi connectivity index (χ3v) is 7.44. The zero-order valence-electron chi connectivity index (χ0n) is 23.5. The van der Waals surface area contributed by atoms with Crippen LogP contribution in [0.4, 0.5) is 17.1 Å². The summed E-state index contributed by atoms with van der Waals surface area (Å²) in [6.07, 6.45) is 12.7. The Hall–Kier alpha value is -2.13. The first kappa shape index (κ1) is 30.4. The number of benzene rings is 2. The second kappa shape index (κ2) is 17.5. The minimum absolute atomic E-state index is 0.579. The van der Waals surface area contributed by atoms with E-state index in [0.29, 0.717) is 18.0 Å². The van der Waals surface area contributed by atoms with E-state index < -0.39 is 0 Å². The summed E-state index contributed by atoms with van der Waals surface area (Å²) in [7, 11) is 0. The molecule has 2 aromatic carbocycles. The molecule has 210 valence electrons. The van der Waals surface area contributed by atoms with Crippen LogP contribution >= 0.6 is 12.0 Å². The third-order valence-electron chi connectivity index (χ3n) is 6.87. The number of hydroxylamine groups is 2. The zero-order chi connectivity index (χ0) is 27.0. The minimum atomic E-state index is 0.579. The highest BCUT2D eigenvalue weighted by Crippen LogP contribution is 2.40. The van der Waals surface area contributed by atoms with Crippen molar-refractivity contribution in [3.63, 3.8) is 0 Å². The second-order valence-electron chi connectivity index (χ2n) is 9.93. The number of fused-ring (bicyclic) bond motifs is 1. The van der Waals surface area contributed by atoms with Crippen molar-refractivity contribution in [3.05, 3.63) is 42.0 Å². The Morgan fingerprint density at radius 2 is 1.63 bits per heavy atom. The van der Waals surface area contributed by atoms with Crippen molar-refractivity contribution >= 4 is 29.1 Å². The SMILES string of the molecule is CCCCCCCCOc1cc(N2CCc3cc(SOON(CCCC)CCCC)ccc32)ccc1N=N. The molecular formula is C30H46N4O3S. The molecule has 1 N–H and O–H groups in total. The summed E-state index contributed by atoms with van der Waals surface area (Å²) in [5.41, 5.74) is 11.7. The van der Waals surface area contributed by atoms with Crippen LogP contribution in [0.5, 0.6) is 5.75 Å². The molecule has 0 atom stereocenters. The van der Waals surface area contributed by atoms with Gasteiger partial charge in [0, 0.05) is 42.0 Å². The van der Waals surface area contributed by atoms with Gasteiger partial charge < -0.3 is 9.64 Å². The number of hydrogen-bond acceptors (Lipinski definition) is 8. The van der Waals surface area contributed by atoms with Gasteiger partial charge >= 0.3 is 0 Å². The average Bonchev–Trinajstić information content (AvgIpc) is 3.37. The summed E-state index contributed by atoms with van der Waals surface area (Å²) >= 11 is 1.27. The number of anilines is 2. The lowest BCUT2D eigenvalue weighted by Gasteiger charge is -2.21. The van der Waals surface area contributed by atoms with E-state index in [2.05, 4.69) is 49.0 Å². The fourth-order valence-corrected chi connectivity index (χ4v) is 5.10. The molecular weight excluding hydrogens is 496 g/mol. The number of hydrogen-bond donors (Lipinski definition) is 1. The molecule has 0 fully saturated rings. The largest absolute Gasteiger partial charge is 0.491 e. The van der Waals surface area contributed by atoms with Gasteiger partial charge in [-0.25, -0.2) is 5.53 Å². The van der Waals surface area contributed by atoms with Gasteiger partial charge in [-0.3, -0.25) is 0 Å². The summed E-state index contributed by atoms with van der Waals surface area (Å²) in [6.45, 7) is 9.93.